The number of nitrogens with zero attached hydrogens (tertiary/aromatic N) is 2. The number of aromatic nitrogens is 2. The molecular weight excluding hydrogens is 264 g/mol. The van der Waals surface area contributed by atoms with Crippen molar-refractivity contribution in [3.05, 3.63) is 40.6 Å². The number of imidazole rings is 1. The summed E-state index contributed by atoms with van der Waals surface area (Å²) in [6.07, 6.45) is 8.78. The summed E-state index contributed by atoms with van der Waals surface area (Å²) in [7, 11) is 0. The van der Waals surface area contributed by atoms with E-state index in [4.69, 9.17) is 12.2 Å². The number of fused-ring (bicyclic) bond motifs is 1. The van der Waals surface area contributed by atoms with Gasteiger partial charge in [0.05, 0.1) is 6.04 Å². The van der Waals surface area contributed by atoms with Crippen molar-refractivity contribution in [2.24, 2.45) is 0 Å². The Morgan fingerprint density at radius 1 is 1.56 bits per heavy atom. The number of hydrogen-bond donors (Lipinski definition) is 2. The summed E-state index contributed by atoms with van der Waals surface area (Å²) in [5, 5.41) is 6.18. The summed E-state index contributed by atoms with van der Waals surface area (Å²) in [5.41, 5.74) is 4.54. The zero-order valence-electron chi connectivity index (χ0n) is 9.80. The first kappa shape index (κ1) is 11.7. The maximum Gasteiger partial charge on any atom is 0.186 e. The summed E-state index contributed by atoms with van der Waals surface area (Å²) in [6.45, 7) is 0. The second-order valence-corrected chi connectivity index (χ2v) is 5.67. The van der Waals surface area contributed by atoms with E-state index in [2.05, 4.69) is 27.2 Å². The highest BCUT2D eigenvalue weighted by atomic mass is 32.1. The molecule has 3 rings (SSSR count). The lowest BCUT2D eigenvalue weighted by molar-refractivity contribution is 0.538. The van der Waals surface area contributed by atoms with E-state index in [9.17, 15) is 0 Å². The van der Waals surface area contributed by atoms with Gasteiger partial charge in [0.1, 0.15) is 6.33 Å². The fraction of sp³-hybridized carbons (Fsp3) is 0.333. The summed E-state index contributed by atoms with van der Waals surface area (Å²) in [5.74, 6) is 0. The lowest BCUT2D eigenvalue weighted by Gasteiger charge is -2.24. The number of thiocarbonyl (C=S) groups is 1. The minimum atomic E-state index is 0.345. The second-order valence-electron chi connectivity index (χ2n) is 4.31. The highest BCUT2D eigenvalue weighted by Gasteiger charge is 2.21. The average molecular weight is 278 g/mol. The fourth-order valence-corrected chi connectivity index (χ4v) is 3.55. The summed E-state index contributed by atoms with van der Waals surface area (Å²) in [4.78, 5) is 5.39. The number of thiophene rings is 1. The van der Waals surface area contributed by atoms with Crippen molar-refractivity contribution in [3.8, 4) is 0 Å². The van der Waals surface area contributed by atoms with Crippen LogP contribution in [0.3, 0.4) is 0 Å². The van der Waals surface area contributed by atoms with Gasteiger partial charge in [-0.3, -0.25) is 5.43 Å². The predicted octanol–water partition coefficient (Wildman–Crippen LogP) is 2.44. The van der Waals surface area contributed by atoms with Crippen LogP contribution in [0.25, 0.3) is 0 Å². The molecule has 2 aromatic heterocycles. The third kappa shape index (κ3) is 2.39. The van der Waals surface area contributed by atoms with Gasteiger partial charge in [0.15, 0.2) is 5.11 Å². The lowest BCUT2D eigenvalue weighted by atomic mass is 9.95. The third-order valence-electron chi connectivity index (χ3n) is 3.08. The molecule has 0 amide bonds. The van der Waals surface area contributed by atoms with Gasteiger partial charge >= 0.3 is 0 Å². The number of nitrogens with one attached hydrogen (secondary N) is 2. The Morgan fingerprint density at radius 3 is 3.33 bits per heavy atom. The van der Waals surface area contributed by atoms with Gasteiger partial charge in [-0.1, -0.05) is 0 Å². The molecule has 0 spiro atoms. The molecule has 1 unspecified atom stereocenters. The third-order valence-corrected chi connectivity index (χ3v) is 4.36. The minimum Gasteiger partial charge on any atom is -0.354 e. The zero-order chi connectivity index (χ0) is 12.4. The Bertz CT molecular complexity index is 532. The van der Waals surface area contributed by atoms with E-state index in [-0.39, 0.29) is 0 Å². The van der Waals surface area contributed by atoms with E-state index >= 15 is 0 Å². The van der Waals surface area contributed by atoms with Crippen LogP contribution in [-0.4, -0.2) is 14.8 Å². The van der Waals surface area contributed by atoms with Crippen molar-refractivity contribution in [3.63, 3.8) is 0 Å². The van der Waals surface area contributed by atoms with E-state index in [0.717, 1.165) is 6.42 Å². The number of aryl methyl sites for hydroxylation is 1. The van der Waals surface area contributed by atoms with Crippen molar-refractivity contribution in [1.82, 2.24) is 15.0 Å². The molecule has 94 valence electrons. The smallest absolute Gasteiger partial charge is 0.186 e. The maximum atomic E-state index is 5.32. The Hall–Kier alpha value is -1.40. The number of rotatable bonds is 2. The topological polar surface area (TPSA) is 41.9 Å². The van der Waals surface area contributed by atoms with Crippen LogP contribution in [0.1, 0.15) is 29.3 Å². The van der Waals surface area contributed by atoms with Crippen molar-refractivity contribution in [1.29, 1.82) is 0 Å². The van der Waals surface area contributed by atoms with Gasteiger partial charge in [0, 0.05) is 17.3 Å². The molecule has 0 saturated heterocycles. The fourth-order valence-electron chi connectivity index (χ4n) is 2.26. The van der Waals surface area contributed by atoms with Gasteiger partial charge in [-0.15, -0.1) is 11.3 Å². The van der Waals surface area contributed by atoms with Crippen LogP contribution in [0.15, 0.2) is 30.2 Å². The quantitative estimate of drug-likeness (QED) is 0.828. The van der Waals surface area contributed by atoms with Crippen LogP contribution < -0.4 is 10.7 Å². The first-order valence-electron chi connectivity index (χ1n) is 5.94. The Labute approximate surface area is 115 Å². The summed E-state index contributed by atoms with van der Waals surface area (Å²) >= 11 is 7.13. The second kappa shape index (κ2) is 5.07. The molecule has 0 aromatic carbocycles. The van der Waals surface area contributed by atoms with E-state index in [1.54, 1.807) is 17.2 Å². The van der Waals surface area contributed by atoms with Gasteiger partial charge in [-0.25, -0.2) is 9.66 Å². The zero-order valence-corrected chi connectivity index (χ0v) is 11.4. The van der Waals surface area contributed by atoms with Crippen LogP contribution >= 0.6 is 23.6 Å². The first-order valence-corrected chi connectivity index (χ1v) is 7.23. The molecule has 0 saturated carbocycles. The molecule has 1 atom stereocenters. The molecule has 0 fully saturated rings. The minimum absolute atomic E-state index is 0.345. The van der Waals surface area contributed by atoms with Crippen LogP contribution in [0.5, 0.6) is 0 Å². The number of hydrogen-bond acceptors (Lipinski definition) is 3. The molecule has 2 heterocycles. The SMILES string of the molecule is S=C(NC1CCCc2ccsc21)Nn1ccnc1. The average Bonchev–Trinajstić information content (AvgIpc) is 2.99. The molecule has 1 aliphatic rings. The summed E-state index contributed by atoms with van der Waals surface area (Å²) < 4.78 is 1.74. The molecule has 4 nitrogen and oxygen atoms in total. The highest BCUT2D eigenvalue weighted by Crippen LogP contribution is 2.33. The molecule has 2 N–H and O–H groups in total. The molecule has 1 aliphatic carbocycles. The Kier molecular flexibility index (Phi) is 3.29. The lowest BCUT2D eigenvalue weighted by Crippen LogP contribution is -2.36. The highest BCUT2D eigenvalue weighted by molar-refractivity contribution is 7.80. The Balaban J connectivity index is 1.66. The van der Waals surface area contributed by atoms with Gasteiger partial charge in [0.2, 0.25) is 0 Å². The van der Waals surface area contributed by atoms with Crippen molar-refractivity contribution in [2.45, 2.75) is 25.3 Å². The normalized spacial score (nSPS) is 18.1. The monoisotopic (exact) mass is 278 g/mol. The first-order chi connectivity index (χ1) is 8.83. The van der Waals surface area contributed by atoms with Crippen molar-refractivity contribution < 1.29 is 0 Å². The molecular formula is C12H14N4S2. The molecule has 0 bridgehead atoms. The van der Waals surface area contributed by atoms with Crippen molar-refractivity contribution in [2.75, 3.05) is 5.43 Å². The maximum absolute atomic E-state index is 5.32. The molecule has 18 heavy (non-hydrogen) atoms. The van der Waals surface area contributed by atoms with Crippen molar-refractivity contribution >= 4 is 28.7 Å². The Morgan fingerprint density at radius 2 is 2.50 bits per heavy atom. The summed E-state index contributed by atoms with van der Waals surface area (Å²) in [6, 6.07) is 2.57. The van der Waals surface area contributed by atoms with Gasteiger partial charge in [-0.2, -0.15) is 0 Å². The molecule has 6 heteroatoms. The van der Waals surface area contributed by atoms with Crippen LogP contribution in [0, 0.1) is 0 Å². The van der Waals surface area contributed by atoms with E-state index in [1.807, 2.05) is 17.5 Å². The molecule has 0 radical (unpaired) electrons. The van der Waals surface area contributed by atoms with Crippen LogP contribution in [-0.2, 0) is 6.42 Å². The van der Waals surface area contributed by atoms with Gasteiger partial charge in [-0.05, 0) is 48.5 Å². The van der Waals surface area contributed by atoms with E-state index in [1.165, 1.54) is 23.3 Å². The van der Waals surface area contributed by atoms with Crippen LogP contribution in [0.2, 0.25) is 0 Å². The van der Waals surface area contributed by atoms with Crippen LogP contribution in [0.4, 0.5) is 0 Å². The predicted molar refractivity (Wildman–Crippen MR) is 77.3 cm³/mol. The van der Waals surface area contributed by atoms with E-state index in [0.29, 0.717) is 11.2 Å². The molecule has 0 aliphatic heterocycles. The van der Waals surface area contributed by atoms with E-state index < -0.39 is 0 Å². The van der Waals surface area contributed by atoms with Gasteiger partial charge in [0.25, 0.3) is 0 Å². The standard InChI is InChI=1S/C12H14N4S2/c17-12(15-16-6-5-13-8-16)14-10-3-1-2-9-4-7-18-11(9)10/h4-8,10H,1-3H2,(H2,14,15,17). The largest absolute Gasteiger partial charge is 0.354 e. The van der Waals surface area contributed by atoms with Gasteiger partial charge < -0.3 is 5.32 Å². The molecule has 2 aromatic rings.